The molecule has 1 aromatic carbocycles. The molecule has 1 N–H and O–H groups in total. The third-order valence-electron chi connectivity index (χ3n) is 3.57. The molecule has 0 radical (unpaired) electrons. The number of benzene rings is 1. The van der Waals surface area contributed by atoms with E-state index in [1.807, 2.05) is 35.8 Å². The molecule has 1 amide bonds. The van der Waals surface area contributed by atoms with E-state index in [0.717, 1.165) is 16.9 Å². The van der Waals surface area contributed by atoms with Gasteiger partial charge in [0.2, 0.25) is 5.91 Å². The first-order chi connectivity index (χ1) is 10.2. The Morgan fingerprint density at radius 3 is 2.95 bits per heavy atom. The van der Waals surface area contributed by atoms with Crippen molar-refractivity contribution in [1.29, 1.82) is 0 Å². The monoisotopic (exact) mass is 283 g/mol. The number of carbonyl (C=O) groups is 1. The summed E-state index contributed by atoms with van der Waals surface area (Å²) in [6.07, 6.45) is 5.15. The lowest BCUT2D eigenvalue weighted by Gasteiger charge is -2.21. The van der Waals surface area contributed by atoms with Gasteiger partial charge in [0, 0.05) is 19.4 Å². The van der Waals surface area contributed by atoms with E-state index in [9.17, 15) is 4.79 Å². The highest BCUT2D eigenvalue weighted by molar-refractivity contribution is 5.83. The van der Waals surface area contributed by atoms with Crippen molar-refractivity contribution in [1.82, 2.24) is 24.4 Å². The maximum absolute atomic E-state index is 12.5. The van der Waals surface area contributed by atoms with Crippen LogP contribution in [0.5, 0.6) is 0 Å². The molecule has 0 unspecified atom stereocenters. The quantitative estimate of drug-likeness (QED) is 0.796. The van der Waals surface area contributed by atoms with E-state index >= 15 is 0 Å². The molecule has 2 aromatic heterocycles. The minimum absolute atomic E-state index is 0.0227. The summed E-state index contributed by atoms with van der Waals surface area (Å²) in [5, 5.41) is 0. The number of aromatic nitrogens is 4. The summed E-state index contributed by atoms with van der Waals surface area (Å²) in [6.45, 7) is 2.35. The number of aromatic amines is 1. The lowest BCUT2D eigenvalue weighted by Crippen LogP contribution is -2.32. The van der Waals surface area contributed by atoms with Crippen LogP contribution in [0.4, 0.5) is 0 Å². The van der Waals surface area contributed by atoms with Gasteiger partial charge in [-0.2, -0.15) is 0 Å². The van der Waals surface area contributed by atoms with Crippen LogP contribution in [0.1, 0.15) is 18.8 Å². The molecule has 6 nitrogen and oxygen atoms in total. The number of carbonyl (C=O) groups excluding carboxylic acids is 1. The maximum Gasteiger partial charge on any atom is 0.245 e. The zero-order valence-electron chi connectivity index (χ0n) is 12.0. The van der Waals surface area contributed by atoms with Crippen molar-refractivity contribution in [2.75, 3.05) is 7.05 Å². The number of likely N-dealkylation sites (N-methyl/N-ethyl adjacent to an activating group) is 1. The summed E-state index contributed by atoms with van der Waals surface area (Å²) in [5.41, 5.74) is 1.86. The molecule has 0 saturated carbocycles. The molecule has 2 heterocycles. The smallest absolute Gasteiger partial charge is 0.245 e. The summed E-state index contributed by atoms with van der Waals surface area (Å²) in [4.78, 5) is 25.7. The molecule has 0 aliphatic carbocycles. The number of hydrogen-bond donors (Lipinski definition) is 1. The topological polar surface area (TPSA) is 66.8 Å². The second kappa shape index (κ2) is 5.40. The van der Waals surface area contributed by atoms with E-state index in [1.54, 1.807) is 30.7 Å². The summed E-state index contributed by atoms with van der Waals surface area (Å²) in [5.74, 6) is 0.795. The summed E-state index contributed by atoms with van der Waals surface area (Å²) < 4.78 is 1.90. The number of hydrogen-bond acceptors (Lipinski definition) is 3. The second-order valence-electron chi connectivity index (χ2n) is 5.05. The largest absolute Gasteiger partial charge is 0.347 e. The number of amides is 1. The van der Waals surface area contributed by atoms with Crippen molar-refractivity contribution in [3.63, 3.8) is 0 Å². The standard InChI is InChI=1S/C15H17N5O/c1-11(15(21)19(2)9-14-16-7-8-17-14)20-10-18-12-5-3-4-6-13(12)20/h3-8,10-11H,9H2,1-2H3,(H,16,17)/t11-/m1/s1. The van der Waals surface area contributed by atoms with E-state index in [4.69, 9.17) is 0 Å². The van der Waals surface area contributed by atoms with E-state index < -0.39 is 0 Å². The van der Waals surface area contributed by atoms with Gasteiger partial charge in [0.1, 0.15) is 11.9 Å². The fraction of sp³-hybridized carbons (Fsp3) is 0.267. The predicted octanol–water partition coefficient (Wildman–Crippen LogP) is 1.98. The van der Waals surface area contributed by atoms with Gasteiger partial charge in [0.25, 0.3) is 0 Å². The zero-order valence-corrected chi connectivity index (χ0v) is 12.0. The SMILES string of the molecule is C[C@H](C(=O)N(C)Cc1ncc[nH]1)n1cnc2ccccc21. The minimum atomic E-state index is -0.308. The van der Waals surface area contributed by atoms with Gasteiger partial charge in [0.05, 0.1) is 23.9 Å². The van der Waals surface area contributed by atoms with Gasteiger partial charge >= 0.3 is 0 Å². The molecular formula is C15H17N5O. The average molecular weight is 283 g/mol. The number of nitrogens with zero attached hydrogens (tertiary/aromatic N) is 4. The highest BCUT2D eigenvalue weighted by Gasteiger charge is 2.21. The van der Waals surface area contributed by atoms with Crippen LogP contribution in [-0.4, -0.2) is 37.4 Å². The van der Waals surface area contributed by atoms with Crippen molar-refractivity contribution in [3.8, 4) is 0 Å². The molecule has 0 fully saturated rings. The summed E-state index contributed by atoms with van der Waals surface area (Å²) >= 11 is 0. The molecule has 0 spiro atoms. The molecular weight excluding hydrogens is 266 g/mol. The first-order valence-electron chi connectivity index (χ1n) is 6.81. The van der Waals surface area contributed by atoms with Crippen LogP contribution in [0.15, 0.2) is 43.0 Å². The molecule has 0 bridgehead atoms. The Balaban J connectivity index is 1.80. The number of nitrogens with one attached hydrogen (secondary N) is 1. The molecule has 3 rings (SSSR count). The molecule has 108 valence electrons. The Bertz CT molecular complexity index is 746. The van der Waals surface area contributed by atoms with Crippen molar-refractivity contribution in [2.24, 2.45) is 0 Å². The van der Waals surface area contributed by atoms with Crippen molar-refractivity contribution < 1.29 is 4.79 Å². The number of rotatable bonds is 4. The van der Waals surface area contributed by atoms with Crippen molar-refractivity contribution >= 4 is 16.9 Å². The molecule has 6 heteroatoms. The lowest BCUT2D eigenvalue weighted by atomic mass is 10.2. The Kier molecular flexibility index (Phi) is 3.43. The number of para-hydroxylation sites is 2. The van der Waals surface area contributed by atoms with Crippen LogP contribution in [-0.2, 0) is 11.3 Å². The van der Waals surface area contributed by atoms with E-state index in [1.165, 1.54) is 0 Å². The van der Waals surface area contributed by atoms with Crippen LogP contribution in [0.25, 0.3) is 11.0 Å². The van der Waals surface area contributed by atoms with Crippen molar-refractivity contribution in [2.45, 2.75) is 19.5 Å². The number of fused-ring (bicyclic) bond motifs is 1. The van der Waals surface area contributed by atoms with Crippen LogP contribution < -0.4 is 0 Å². The Morgan fingerprint density at radius 2 is 2.19 bits per heavy atom. The van der Waals surface area contributed by atoms with E-state index in [0.29, 0.717) is 6.54 Å². The summed E-state index contributed by atoms with van der Waals surface area (Å²) in [6, 6.07) is 7.49. The number of H-pyrrole nitrogens is 1. The molecule has 3 aromatic rings. The fourth-order valence-electron chi connectivity index (χ4n) is 2.41. The van der Waals surface area contributed by atoms with Crippen LogP contribution in [0, 0.1) is 0 Å². The van der Waals surface area contributed by atoms with Gasteiger partial charge in [-0.15, -0.1) is 0 Å². The molecule has 21 heavy (non-hydrogen) atoms. The lowest BCUT2D eigenvalue weighted by molar-refractivity contribution is -0.133. The van der Waals surface area contributed by atoms with Gasteiger partial charge < -0.3 is 14.5 Å². The van der Waals surface area contributed by atoms with Gasteiger partial charge in [-0.05, 0) is 19.1 Å². The van der Waals surface area contributed by atoms with Gasteiger partial charge in [-0.1, -0.05) is 12.1 Å². The Hall–Kier alpha value is -2.63. The Labute approximate surface area is 122 Å². The fourth-order valence-corrected chi connectivity index (χ4v) is 2.41. The summed E-state index contributed by atoms with van der Waals surface area (Å²) in [7, 11) is 1.78. The molecule has 0 aliphatic rings. The predicted molar refractivity (Wildman–Crippen MR) is 79.5 cm³/mol. The van der Waals surface area contributed by atoms with Gasteiger partial charge in [0.15, 0.2) is 0 Å². The minimum Gasteiger partial charge on any atom is -0.347 e. The molecule has 0 aliphatic heterocycles. The normalized spacial score (nSPS) is 12.5. The Morgan fingerprint density at radius 1 is 1.38 bits per heavy atom. The highest BCUT2D eigenvalue weighted by Crippen LogP contribution is 2.19. The third kappa shape index (κ3) is 2.52. The number of imidazole rings is 2. The third-order valence-corrected chi connectivity index (χ3v) is 3.57. The molecule has 0 saturated heterocycles. The van der Waals surface area contributed by atoms with Gasteiger partial charge in [-0.3, -0.25) is 4.79 Å². The van der Waals surface area contributed by atoms with Crippen LogP contribution in [0.3, 0.4) is 0 Å². The van der Waals surface area contributed by atoms with Gasteiger partial charge in [-0.25, -0.2) is 9.97 Å². The first kappa shape index (κ1) is 13.4. The van der Waals surface area contributed by atoms with Crippen LogP contribution >= 0.6 is 0 Å². The maximum atomic E-state index is 12.5. The second-order valence-corrected chi connectivity index (χ2v) is 5.05. The van der Waals surface area contributed by atoms with Crippen molar-refractivity contribution in [3.05, 3.63) is 48.8 Å². The first-order valence-corrected chi connectivity index (χ1v) is 6.81. The highest BCUT2D eigenvalue weighted by atomic mass is 16.2. The molecule has 1 atom stereocenters. The van der Waals surface area contributed by atoms with E-state index in [-0.39, 0.29) is 11.9 Å². The van der Waals surface area contributed by atoms with Crippen LogP contribution in [0.2, 0.25) is 0 Å². The zero-order chi connectivity index (χ0) is 14.8. The average Bonchev–Trinajstić information content (AvgIpc) is 3.14. The van der Waals surface area contributed by atoms with E-state index in [2.05, 4.69) is 15.0 Å².